The Morgan fingerprint density at radius 3 is 0.952 bits per heavy atom. The third-order valence-corrected chi connectivity index (χ3v) is 7.02. The zero-order valence-electron chi connectivity index (χ0n) is 14.3. The molecular formula is C16H26Cl2P2Zr+2. The first-order valence-corrected chi connectivity index (χ1v) is 11.8. The fourth-order valence-corrected chi connectivity index (χ4v) is 6.80. The maximum Gasteiger partial charge on any atom is 4.00 e. The van der Waals surface area contributed by atoms with Gasteiger partial charge in [-0.15, -0.1) is 13.8 Å². The molecule has 0 unspecified atom stereocenters. The van der Waals surface area contributed by atoms with Gasteiger partial charge in [-0.25, -0.2) is 0 Å². The Hall–Kier alpha value is 1.28. The molecule has 2 aliphatic heterocycles. The fraction of sp³-hybridized carbons (Fsp3) is 0.500. The zero-order valence-corrected chi connectivity index (χ0v) is 20.1. The summed E-state index contributed by atoms with van der Waals surface area (Å²) in [5.74, 6) is 11.7. The minimum Gasteiger partial charge on any atom is -1.00 e. The summed E-state index contributed by atoms with van der Waals surface area (Å²) < 4.78 is 0. The molecule has 116 valence electrons. The molecule has 0 nitrogen and oxygen atoms in total. The van der Waals surface area contributed by atoms with E-state index >= 15 is 0 Å². The minimum atomic E-state index is -0.855. The first-order valence-electron chi connectivity index (χ1n) is 6.33. The van der Waals surface area contributed by atoms with Crippen LogP contribution in [0.25, 0.3) is 0 Å². The fourth-order valence-electron chi connectivity index (χ4n) is 2.27. The van der Waals surface area contributed by atoms with E-state index in [1.807, 2.05) is 0 Å². The topological polar surface area (TPSA) is 0 Å². The van der Waals surface area contributed by atoms with Crippen LogP contribution in [0.4, 0.5) is 0 Å². The molecule has 0 saturated heterocycles. The molecule has 0 bridgehead atoms. The summed E-state index contributed by atoms with van der Waals surface area (Å²) in [6.07, 6.45) is 0. The second-order valence-electron chi connectivity index (χ2n) is 6.18. The second-order valence-corrected chi connectivity index (χ2v) is 13.3. The van der Waals surface area contributed by atoms with Gasteiger partial charge in [-0.3, -0.25) is 0 Å². The largest absolute Gasteiger partial charge is 4.00 e. The summed E-state index contributed by atoms with van der Waals surface area (Å²) in [6.45, 7) is 17.7. The van der Waals surface area contributed by atoms with E-state index in [0.717, 1.165) is 0 Å². The third kappa shape index (κ3) is 9.23. The van der Waals surface area contributed by atoms with Gasteiger partial charge in [0.2, 0.25) is 0 Å². The van der Waals surface area contributed by atoms with Gasteiger partial charge in [0, 0.05) is 26.7 Å². The molecule has 5 heteroatoms. The van der Waals surface area contributed by atoms with Crippen LogP contribution in [0.1, 0.15) is 27.7 Å². The van der Waals surface area contributed by atoms with Crippen molar-refractivity contribution >= 4 is 14.5 Å². The Labute approximate surface area is 164 Å². The second kappa shape index (κ2) is 10.2. The average Bonchev–Trinajstić information content (AvgIpc) is 2.49. The van der Waals surface area contributed by atoms with Gasteiger partial charge < -0.3 is 24.8 Å². The van der Waals surface area contributed by atoms with Crippen molar-refractivity contribution in [3.63, 3.8) is 0 Å². The maximum atomic E-state index is 3.48. The molecule has 0 atom stereocenters. The molecule has 0 aromatic rings. The van der Waals surface area contributed by atoms with E-state index in [4.69, 9.17) is 0 Å². The van der Waals surface area contributed by atoms with Gasteiger partial charge in [0.05, 0.1) is 0 Å². The van der Waals surface area contributed by atoms with Crippen LogP contribution in [-0.2, 0) is 26.2 Å². The molecule has 0 aromatic carbocycles. The van der Waals surface area contributed by atoms with E-state index in [9.17, 15) is 0 Å². The van der Waals surface area contributed by atoms with Crippen molar-refractivity contribution in [1.29, 1.82) is 0 Å². The average molecular weight is 442 g/mol. The third-order valence-electron chi connectivity index (χ3n) is 3.13. The van der Waals surface area contributed by atoms with Crippen LogP contribution >= 0.6 is 14.5 Å². The normalized spacial score (nSPS) is 20.2. The van der Waals surface area contributed by atoms with Crippen LogP contribution in [0.3, 0.4) is 0 Å². The number of halogens is 2. The summed E-state index contributed by atoms with van der Waals surface area (Å²) in [4.78, 5) is 0. The van der Waals surface area contributed by atoms with Gasteiger partial charge >= 0.3 is 26.2 Å². The zero-order chi connectivity index (χ0) is 14.1. The van der Waals surface area contributed by atoms with E-state index in [1.54, 1.807) is 0 Å². The van der Waals surface area contributed by atoms with Crippen LogP contribution in [0.5, 0.6) is 0 Å². The molecule has 0 fully saturated rings. The summed E-state index contributed by atoms with van der Waals surface area (Å²) in [5, 5.41) is 0. The number of hydrogen-bond acceptors (Lipinski definition) is 0. The molecular weight excluding hydrogens is 416 g/mol. The van der Waals surface area contributed by atoms with E-state index in [1.165, 1.54) is 22.3 Å². The van der Waals surface area contributed by atoms with Crippen LogP contribution in [0.2, 0.25) is 0 Å². The molecule has 2 heterocycles. The Balaban J connectivity index is -0.000000270. The molecule has 0 aliphatic carbocycles. The SMILES string of the molecule is CC1=[C-][P+](C)(C)C=C1C.CC1=[C-][P+](C)(C)C=C1C.[Cl-].[Cl-].[Zr+4]. The minimum absolute atomic E-state index is 0. The maximum absolute atomic E-state index is 3.48. The Morgan fingerprint density at radius 2 is 0.905 bits per heavy atom. The van der Waals surface area contributed by atoms with Crippen molar-refractivity contribution in [2.24, 2.45) is 0 Å². The molecule has 2 aliphatic rings. The summed E-state index contributed by atoms with van der Waals surface area (Å²) >= 11 is 0. The van der Waals surface area contributed by atoms with Crippen LogP contribution in [0.15, 0.2) is 33.9 Å². The van der Waals surface area contributed by atoms with Crippen molar-refractivity contribution in [2.75, 3.05) is 26.7 Å². The van der Waals surface area contributed by atoms with Crippen molar-refractivity contribution in [1.82, 2.24) is 0 Å². The van der Waals surface area contributed by atoms with Crippen molar-refractivity contribution in [3.8, 4) is 0 Å². The molecule has 0 saturated carbocycles. The number of rotatable bonds is 0. The van der Waals surface area contributed by atoms with Gasteiger partial charge in [0.15, 0.2) is 0 Å². The molecule has 0 amide bonds. The number of hydrogen-bond donors (Lipinski definition) is 0. The molecule has 21 heavy (non-hydrogen) atoms. The van der Waals surface area contributed by atoms with E-state index in [0.29, 0.717) is 0 Å². The molecule has 0 aromatic heterocycles. The molecule has 0 spiro atoms. The van der Waals surface area contributed by atoms with Crippen molar-refractivity contribution < 1.29 is 51.0 Å². The predicted octanol–water partition coefficient (Wildman–Crippen LogP) is -0.219. The van der Waals surface area contributed by atoms with Crippen LogP contribution in [0, 0.1) is 11.6 Å². The molecule has 0 N–H and O–H groups in total. The van der Waals surface area contributed by atoms with Crippen molar-refractivity contribution in [3.05, 3.63) is 45.6 Å². The standard InChI is InChI=1S/2C8H13P.2ClH.Zr/c2*1-7-5-9(3,4)6-8(7)2;;;/h2*5H,1-4H3;2*1H;/q;;;;+4/p-2. The van der Waals surface area contributed by atoms with Gasteiger partial charge in [-0.1, -0.05) is 25.5 Å². The molecule has 2 rings (SSSR count). The Kier molecular flexibility index (Phi) is 13.2. The van der Waals surface area contributed by atoms with Crippen LogP contribution < -0.4 is 24.8 Å². The van der Waals surface area contributed by atoms with Gasteiger partial charge in [-0.2, -0.15) is 22.3 Å². The van der Waals surface area contributed by atoms with Gasteiger partial charge in [0.1, 0.15) is 0 Å². The summed E-state index contributed by atoms with van der Waals surface area (Å²) in [5.41, 5.74) is 5.56. The first-order chi connectivity index (χ1) is 8.02. The summed E-state index contributed by atoms with van der Waals surface area (Å²) in [7, 11) is -1.71. The Bertz CT molecular complexity index is 389. The smallest absolute Gasteiger partial charge is 1.00 e. The molecule has 0 radical (unpaired) electrons. The van der Waals surface area contributed by atoms with Gasteiger partial charge in [0.25, 0.3) is 0 Å². The number of allylic oxidation sites excluding steroid dienone is 4. The van der Waals surface area contributed by atoms with Crippen LogP contribution in [-0.4, -0.2) is 26.7 Å². The predicted molar refractivity (Wildman–Crippen MR) is 89.9 cm³/mol. The Morgan fingerprint density at radius 1 is 0.667 bits per heavy atom. The monoisotopic (exact) mass is 440 g/mol. The first kappa shape index (κ1) is 27.1. The van der Waals surface area contributed by atoms with E-state index in [2.05, 4.69) is 77.6 Å². The van der Waals surface area contributed by atoms with E-state index in [-0.39, 0.29) is 51.0 Å². The van der Waals surface area contributed by atoms with E-state index < -0.39 is 14.5 Å². The summed E-state index contributed by atoms with van der Waals surface area (Å²) in [6, 6.07) is 0. The van der Waals surface area contributed by atoms with Gasteiger partial charge in [-0.05, 0) is 26.2 Å². The van der Waals surface area contributed by atoms with Crippen molar-refractivity contribution in [2.45, 2.75) is 27.7 Å². The quantitative estimate of drug-likeness (QED) is 0.360.